The molecule has 614 valence electrons. The van der Waals surface area contributed by atoms with E-state index in [1.807, 2.05) is 0 Å². The molecule has 0 bridgehead atoms. The van der Waals surface area contributed by atoms with Crippen molar-refractivity contribution in [1.29, 1.82) is 0 Å². The van der Waals surface area contributed by atoms with Gasteiger partial charge in [0.15, 0.2) is 6.10 Å². The average molecular weight is 1540 g/mol. The summed E-state index contributed by atoms with van der Waals surface area (Å²) < 4.78 is 61.1. The maximum Gasteiger partial charge on any atom is 0.472 e. The molecule has 5 atom stereocenters. The maximum absolute atomic E-state index is 12.9. The second-order valence-corrected chi connectivity index (χ2v) is 30.8. The second-order valence-electron chi connectivity index (χ2n) is 27.9. The van der Waals surface area contributed by atoms with Crippen molar-refractivity contribution in [2.75, 3.05) is 39.6 Å². The fourth-order valence-corrected chi connectivity index (χ4v) is 12.7. The molecule has 0 rings (SSSR count). The lowest BCUT2D eigenvalue weighted by Crippen LogP contribution is -2.30. The molecule has 0 aliphatic rings. The van der Waals surface area contributed by atoms with Gasteiger partial charge in [0.05, 0.1) is 26.4 Å². The first kappa shape index (κ1) is 102. The Morgan fingerprint density at radius 2 is 0.514 bits per heavy atom. The third-order valence-electron chi connectivity index (χ3n) is 17.5. The predicted octanol–water partition coefficient (Wildman–Crippen LogP) is 25.2. The lowest BCUT2D eigenvalue weighted by molar-refractivity contribution is -0.161. The summed E-state index contributed by atoms with van der Waals surface area (Å²) in [5.41, 5.74) is 0. The summed E-state index contributed by atoms with van der Waals surface area (Å²) in [6.45, 7) is 2.44. The highest BCUT2D eigenvalue weighted by molar-refractivity contribution is 7.47. The van der Waals surface area contributed by atoms with Crippen LogP contribution in [-0.4, -0.2) is 95.9 Å². The molecule has 5 unspecified atom stereocenters. The average Bonchev–Trinajstić information content (AvgIpc) is 0.914. The minimum atomic E-state index is -4.94. The van der Waals surface area contributed by atoms with Gasteiger partial charge in [-0.2, -0.15) is 0 Å². The number of hydrogen-bond donors (Lipinski definition) is 4. The van der Waals surface area contributed by atoms with E-state index in [2.05, 4.69) is 167 Å². The van der Waals surface area contributed by atoms with Crippen molar-refractivity contribution >= 4 is 33.6 Å². The van der Waals surface area contributed by atoms with Gasteiger partial charge in [-0.25, -0.2) is 9.13 Å². The van der Waals surface area contributed by atoms with Crippen LogP contribution in [0.15, 0.2) is 146 Å². The molecule has 107 heavy (non-hydrogen) atoms. The molecule has 0 saturated heterocycles. The fraction of sp³-hybridized carbons (Fsp3) is 0.697. The van der Waals surface area contributed by atoms with Gasteiger partial charge in [0.1, 0.15) is 25.4 Å². The highest BCUT2D eigenvalue weighted by atomic mass is 31.2. The number of phosphoric acid groups is 2. The van der Waals surface area contributed by atoms with Crippen molar-refractivity contribution < 1.29 is 75.8 Å². The lowest BCUT2D eigenvalue weighted by Gasteiger charge is -2.21. The third kappa shape index (κ3) is 82.2. The van der Waals surface area contributed by atoms with E-state index < -0.39 is 91.5 Å². The maximum atomic E-state index is 12.9. The number of phosphoric ester groups is 2. The molecule has 0 heterocycles. The molecule has 0 aliphatic heterocycles. The summed E-state index contributed by atoms with van der Waals surface area (Å²) in [6, 6.07) is 0. The van der Waals surface area contributed by atoms with Gasteiger partial charge < -0.3 is 34.2 Å². The van der Waals surface area contributed by atoms with E-state index in [0.29, 0.717) is 19.3 Å². The van der Waals surface area contributed by atoms with Crippen molar-refractivity contribution in [2.45, 2.75) is 360 Å². The van der Waals surface area contributed by atoms with Crippen LogP contribution in [-0.2, 0) is 55.8 Å². The molecule has 0 radical (unpaired) electrons. The number of allylic oxidation sites excluding steroid dienone is 24. The lowest BCUT2D eigenvalue weighted by atomic mass is 10.0. The van der Waals surface area contributed by atoms with Crippen LogP contribution in [0, 0.1) is 0 Å². The minimum Gasteiger partial charge on any atom is -0.463 e. The summed E-state index contributed by atoms with van der Waals surface area (Å²) in [6.07, 6.45) is 101. The SMILES string of the molecule is CC/C=C\C/C=C\C/C=C\C/C=C\C/C=C\C/C=C\CCCCCCC(=O)OCC(COP(=O)(O)OCC(O)COP(=O)(O)OCC(O)COC(=O)CCCCCCCCCCCCCCCCCCCCC/C=C\C/C=C\C/C=C\C/C=C\CCCCC)OC(=O)CCCCCCC/C=C\C/C=C\CCC. The van der Waals surface area contributed by atoms with E-state index in [9.17, 15) is 43.5 Å². The third-order valence-corrected chi connectivity index (χ3v) is 19.4. The van der Waals surface area contributed by atoms with Crippen molar-refractivity contribution in [1.82, 2.24) is 0 Å². The molecule has 4 N–H and O–H groups in total. The first-order valence-corrected chi connectivity index (χ1v) is 45.1. The van der Waals surface area contributed by atoms with Gasteiger partial charge in [-0.3, -0.25) is 32.5 Å². The summed E-state index contributed by atoms with van der Waals surface area (Å²) in [5, 5.41) is 20.7. The van der Waals surface area contributed by atoms with E-state index in [1.165, 1.54) is 128 Å². The summed E-state index contributed by atoms with van der Waals surface area (Å²) in [5.74, 6) is -1.62. The van der Waals surface area contributed by atoms with Gasteiger partial charge >= 0.3 is 33.6 Å². The number of ether oxygens (including phenoxy) is 3. The van der Waals surface area contributed by atoms with Crippen molar-refractivity contribution in [2.24, 2.45) is 0 Å². The van der Waals surface area contributed by atoms with Crippen LogP contribution in [0.2, 0.25) is 0 Å². The Balaban J connectivity index is 4.41. The van der Waals surface area contributed by atoms with Crippen LogP contribution in [0.1, 0.15) is 342 Å². The van der Waals surface area contributed by atoms with Crippen LogP contribution < -0.4 is 0 Å². The van der Waals surface area contributed by atoms with E-state index >= 15 is 0 Å². The number of hydrogen-bond acceptors (Lipinski definition) is 14. The molecule has 0 aromatic heterocycles. The molecule has 0 aromatic carbocycles. The quantitative estimate of drug-likeness (QED) is 0.0146. The second kappa shape index (κ2) is 80.9. The van der Waals surface area contributed by atoms with Gasteiger partial charge in [-0.1, -0.05) is 327 Å². The van der Waals surface area contributed by atoms with Crippen LogP contribution in [0.4, 0.5) is 0 Å². The standard InChI is InChI=1S/C89H152O16P2/c1-4-7-10-13-16-19-22-25-27-29-31-33-35-36-37-38-39-40-41-42-43-44-45-46-48-50-51-53-55-58-60-63-66-69-72-75-87(92)99-78-84(90)79-101-106(95,96)102-80-85(91)81-103-107(97,98)104-83-86(105-89(94)77-74-71-68-65-62-57-24-21-18-15-12-9-6-3)82-100-88(93)76-73-70-67-64-61-59-56-54-52-49-47-34-32-30-28-26-23-20-17-14-11-8-5-2/h8,11-12,15-17,19-21,24-28,31-34,36-37,49,52,56,59,84-86,90-91H,4-7,9-10,13-14,18,22-23,29-30,35,38-48,50-51,53-55,57-58,60-83H2,1-3H3,(H,95,96)(H,97,98)/b11-8-,15-12-,19-16-,20-17-,24-21-,27-25-,28-26-,33-31-,34-32-,37-36-,52-49-,59-56-. The molecule has 0 fully saturated rings. The van der Waals surface area contributed by atoms with Crippen molar-refractivity contribution in [3.8, 4) is 0 Å². The highest BCUT2D eigenvalue weighted by Crippen LogP contribution is 2.45. The molecule has 0 aromatic rings. The molecule has 18 heteroatoms. The number of rotatable bonds is 79. The Morgan fingerprint density at radius 3 is 0.822 bits per heavy atom. The number of aliphatic hydroxyl groups excluding tert-OH is 2. The molecule has 0 spiro atoms. The van der Waals surface area contributed by atoms with E-state index in [0.717, 1.165) is 154 Å². The van der Waals surface area contributed by atoms with Gasteiger partial charge in [0.25, 0.3) is 0 Å². The number of esters is 3. The Labute approximate surface area is 651 Å². The zero-order valence-electron chi connectivity index (χ0n) is 67.3. The molecule has 0 saturated carbocycles. The predicted molar refractivity (Wildman–Crippen MR) is 445 cm³/mol. The van der Waals surface area contributed by atoms with Gasteiger partial charge in [-0.05, 0) is 141 Å². The zero-order valence-corrected chi connectivity index (χ0v) is 69.1. The largest absolute Gasteiger partial charge is 0.472 e. The normalized spacial score (nSPS) is 14.6. The first-order chi connectivity index (χ1) is 52.2. The Bertz CT molecular complexity index is 2530. The van der Waals surface area contributed by atoms with Crippen LogP contribution in [0.25, 0.3) is 0 Å². The van der Waals surface area contributed by atoms with Gasteiger partial charge in [-0.15, -0.1) is 0 Å². The molecular weight excluding hydrogens is 1390 g/mol. The molecule has 16 nitrogen and oxygen atoms in total. The minimum absolute atomic E-state index is 0.0786. The molecule has 0 aliphatic carbocycles. The smallest absolute Gasteiger partial charge is 0.463 e. The monoisotopic (exact) mass is 1540 g/mol. The van der Waals surface area contributed by atoms with Crippen molar-refractivity contribution in [3.05, 3.63) is 146 Å². The van der Waals surface area contributed by atoms with Crippen LogP contribution in [0.5, 0.6) is 0 Å². The number of carbonyl (C=O) groups excluding carboxylic acids is 3. The zero-order chi connectivity index (χ0) is 78.0. The number of carbonyl (C=O) groups is 3. The van der Waals surface area contributed by atoms with Crippen molar-refractivity contribution in [3.63, 3.8) is 0 Å². The van der Waals surface area contributed by atoms with Gasteiger partial charge in [0.2, 0.25) is 0 Å². The summed E-state index contributed by atoms with van der Waals surface area (Å²) >= 11 is 0. The highest BCUT2D eigenvalue weighted by Gasteiger charge is 2.29. The first-order valence-electron chi connectivity index (χ1n) is 42.1. The molecular formula is C89H152O16P2. The summed E-state index contributed by atoms with van der Waals surface area (Å²) in [4.78, 5) is 58.7. The number of unbranched alkanes of at least 4 members (excludes halogenated alkanes) is 32. The van der Waals surface area contributed by atoms with Gasteiger partial charge in [0, 0.05) is 19.3 Å². The Morgan fingerprint density at radius 1 is 0.271 bits per heavy atom. The summed E-state index contributed by atoms with van der Waals surface area (Å²) in [7, 11) is -9.81. The topological polar surface area (TPSA) is 231 Å². The van der Waals surface area contributed by atoms with E-state index in [4.69, 9.17) is 32.3 Å². The Hall–Kier alpha value is -4.57. The number of aliphatic hydroxyl groups is 2. The van der Waals surface area contributed by atoms with E-state index in [-0.39, 0.29) is 19.3 Å². The van der Waals surface area contributed by atoms with E-state index in [1.54, 1.807) is 0 Å². The molecule has 0 amide bonds. The fourth-order valence-electron chi connectivity index (χ4n) is 11.1. The van der Waals surface area contributed by atoms with Crippen LogP contribution >= 0.6 is 15.6 Å². The van der Waals surface area contributed by atoms with Crippen LogP contribution in [0.3, 0.4) is 0 Å². The Kier molecular flexibility index (Phi) is 77.5.